The first kappa shape index (κ1) is 14.4. The zero-order chi connectivity index (χ0) is 15.7. The van der Waals surface area contributed by atoms with E-state index in [1.807, 2.05) is 37.3 Å². The van der Waals surface area contributed by atoms with Crippen molar-refractivity contribution in [3.8, 4) is 16.9 Å². The van der Waals surface area contributed by atoms with Crippen LogP contribution < -0.4 is 0 Å². The number of nitro groups is 1. The van der Waals surface area contributed by atoms with Gasteiger partial charge in [-0.05, 0) is 46.6 Å². The quantitative estimate of drug-likeness (QED) is 0.525. The molecule has 0 aliphatic rings. The highest BCUT2D eigenvalue weighted by Gasteiger charge is 2.18. The van der Waals surface area contributed by atoms with Crippen LogP contribution in [0.25, 0.3) is 16.9 Å². The Bertz CT molecular complexity index is 860. The minimum atomic E-state index is -0.403. The summed E-state index contributed by atoms with van der Waals surface area (Å²) >= 11 is 3.45. The van der Waals surface area contributed by atoms with Gasteiger partial charge in [0, 0.05) is 10.5 Å². The van der Waals surface area contributed by atoms with Crippen molar-refractivity contribution >= 4 is 21.6 Å². The highest BCUT2D eigenvalue weighted by Crippen LogP contribution is 2.30. The van der Waals surface area contributed by atoms with Crippen LogP contribution in [0.15, 0.2) is 53.1 Å². The molecule has 110 valence electrons. The van der Waals surface area contributed by atoms with Crippen molar-refractivity contribution in [3.05, 3.63) is 68.8 Å². The first-order valence-electron chi connectivity index (χ1n) is 6.49. The molecule has 0 amide bonds. The summed E-state index contributed by atoms with van der Waals surface area (Å²) in [6.45, 7) is 1.81. The molecular formula is C15H11BrN4O2. The second-order valence-electron chi connectivity index (χ2n) is 4.78. The smallest absolute Gasteiger partial charge is 0.258 e. The number of aryl methyl sites for hydroxylation is 1. The van der Waals surface area contributed by atoms with Gasteiger partial charge in [0.1, 0.15) is 5.69 Å². The van der Waals surface area contributed by atoms with Crippen LogP contribution in [0, 0.1) is 17.0 Å². The summed E-state index contributed by atoms with van der Waals surface area (Å²) in [5.41, 5.74) is 2.58. The Hall–Kier alpha value is -2.54. The van der Waals surface area contributed by atoms with E-state index in [1.165, 1.54) is 6.07 Å². The van der Waals surface area contributed by atoms with Crippen LogP contribution in [0.2, 0.25) is 0 Å². The van der Waals surface area contributed by atoms with Crippen molar-refractivity contribution in [1.82, 2.24) is 15.0 Å². The summed E-state index contributed by atoms with van der Waals surface area (Å²) in [6.07, 6.45) is 1.68. The standard InChI is InChI=1S/C15H11BrN4O2/c1-10-6-7-11(15(8-10)20(21)22)13-9-19(18-17-13)14-5-3-2-4-12(14)16/h2-9H,1H3. The van der Waals surface area contributed by atoms with Crippen molar-refractivity contribution in [2.24, 2.45) is 0 Å². The summed E-state index contributed by atoms with van der Waals surface area (Å²) in [4.78, 5) is 10.8. The number of hydrogen-bond donors (Lipinski definition) is 0. The predicted octanol–water partition coefficient (Wildman–Crippen LogP) is 3.91. The normalized spacial score (nSPS) is 10.6. The zero-order valence-corrected chi connectivity index (χ0v) is 13.2. The van der Waals surface area contributed by atoms with E-state index in [0.29, 0.717) is 11.3 Å². The van der Waals surface area contributed by atoms with Gasteiger partial charge in [-0.2, -0.15) is 0 Å². The van der Waals surface area contributed by atoms with Gasteiger partial charge in [-0.1, -0.05) is 23.4 Å². The molecule has 1 heterocycles. The fourth-order valence-corrected chi connectivity index (χ4v) is 2.62. The van der Waals surface area contributed by atoms with Crippen LogP contribution in [-0.2, 0) is 0 Å². The van der Waals surface area contributed by atoms with Crippen LogP contribution in [0.5, 0.6) is 0 Å². The van der Waals surface area contributed by atoms with Gasteiger partial charge in [-0.15, -0.1) is 5.10 Å². The number of nitro benzene ring substituents is 1. The van der Waals surface area contributed by atoms with Crippen molar-refractivity contribution in [2.75, 3.05) is 0 Å². The van der Waals surface area contributed by atoms with Gasteiger partial charge in [0.15, 0.2) is 0 Å². The third-order valence-electron chi connectivity index (χ3n) is 3.22. The van der Waals surface area contributed by atoms with Crippen molar-refractivity contribution < 1.29 is 4.92 Å². The Balaban J connectivity index is 2.09. The molecule has 0 aliphatic heterocycles. The van der Waals surface area contributed by atoms with E-state index in [-0.39, 0.29) is 5.69 Å². The summed E-state index contributed by atoms with van der Waals surface area (Å²) in [5, 5.41) is 19.3. The SMILES string of the molecule is Cc1ccc(-c2cn(-c3ccccc3Br)nn2)c([N+](=O)[O-])c1. The lowest BCUT2D eigenvalue weighted by Crippen LogP contribution is -1.95. The first-order chi connectivity index (χ1) is 10.6. The van der Waals surface area contributed by atoms with Gasteiger partial charge in [0.25, 0.3) is 5.69 Å². The lowest BCUT2D eigenvalue weighted by Gasteiger charge is -2.02. The van der Waals surface area contributed by atoms with E-state index in [4.69, 9.17) is 0 Å². The Morgan fingerprint density at radius 1 is 1.23 bits per heavy atom. The number of hydrogen-bond acceptors (Lipinski definition) is 4. The maximum absolute atomic E-state index is 11.2. The van der Waals surface area contributed by atoms with E-state index in [0.717, 1.165) is 15.7 Å². The average Bonchev–Trinajstić information content (AvgIpc) is 2.97. The van der Waals surface area contributed by atoms with Crippen LogP contribution in [0.4, 0.5) is 5.69 Å². The fraction of sp³-hybridized carbons (Fsp3) is 0.0667. The lowest BCUT2D eigenvalue weighted by atomic mass is 10.1. The average molecular weight is 359 g/mol. The predicted molar refractivity (Wildman–Crippen MR) is 85.9 cm³/mol. The largest absolute Gasteiger partial charge is 0.279 e. The third-order valence-corrected chi connectivity index (χ3v) is 3.89. The summed E-state index contributed by atoms with van der Waals surface area (Å²) in [7, 11) is 0. The summed E-state index contributed by atoms with van der Waals surface area (Å²) < 4.78 is 2.45. The second-order valence-corrected chi connectivity index (χ2v) is 5.63. The molecule has 0 saturated heterocycles. The molecule has 1 aromatic heterocycles. The molecule has 0 fully saturated rings. The highest BCUT2D eigenvalue weighted by atomic mass is 79.9. The number of para-hydroxylation sites is 1. The monoisotopic (exact) mass is 358 g/mol. The topological polar surface area (TPSA) is 73.8 Å². The van der Waals surface area contributed by atoms with Crippen LogP contribution in [0.1, 0.15) is 5.56 Å². The molecule has 0 atom stereocenters. The molecule has 0 aliphatic carbocycles. The van der Waals surface area contributed by atoms with Gasteiger partial charge in [-0.3, -0.25) is 10.1 Å². The van der Waals surface area contributed by atoms with Gasteiger partial charge in [0.2, 0.25) is 0 Å². The minimum absolute atomic E-state index is 0.0270. The van der Waals surface area contributed by atoms with E-state index in [1.54, 1.807) is 16.9 Å². The molecule has 22 heavy (non-hydrogen) atoms. The molecule has 3 rings (SSSR count). The fourth-order valence-electron chi connectivity index (χ4n) is 2.15. The van der Waals surface area contributed by atoms with Gasteiger partial charge >= 0.3 is 0 Å². The maximum atomic E-state index is 11.2. The molecule has 0 radical (unpaired) electrons. The van der Waals surface area contributed by atoms with Crippen LogP contribution >= 0.6 is 15.9 Å². The molecule has 0 unspecified atom stereocenters. The summed E-state index contributed by atoms with van der Waals surface area (Å²) in [5.74, 6) is 0. The number of rotatable bonds is 3. The molecule has 3 aromatic rings. The third kappa shape index (κ3) is 2.62. The van der Waals surface area contributed by atoms with E-state index in [2.05, 4.69) is 26.2 Å². The Labute approximate surface area is 134 Å². The molecule has 0 spiro atoms. The number of benzene rings is 2. The Kier molecular flexibility index (Phi) is 3.72. The number of nitrogens with zero attached hydrogens (tertiary/aromatic N) is 4. The number of aromatic nitrogens is 3. The van der Waals surface area contributed by atoms with Crippen molar-refractivity contribution in [2.45, 2.75) is 6.92 Å². The molecule has 0 N–H and O–H groups in total. The van der Waals surface area contributed by atoms with E-state index in [9.17, 15) is 10.1 Å². The minimum Gasteiger partial charge on any atom is -0.258 e. The lowest BCUT2D eigenvalue weighted by molar-refractivity contribution is -0.384. The van der Waals surface area contributed by atoms with Gasteiger partial charge in [0.05, 0.1) is 22.4 Å². The van der Waals surface area contributed by atoms with Crippen molar-refractivity contribution in [1.29, 1.82) is 0 Å². The molecular weight excluding hydrogens is 348 g/mol. The molecule has 0 bridgehead atoms. The van der Waals surface area contributed by atoms with Crippen LogP contribution in [-0.4, -0.2) is 19.9 Å². The van der Waals surface area contributed by atoms with E-state index >= 15 is 0 Å². The Morgan fingerprint density at radius 2 is 2.00 bits per heavy atom. The zero-order valence-electron chi connectivity index (χ0n) is 11.6. The Morgan fingerprint density at radius 3 is 2.73 bits per heavy atom. The maximum Gasteiger partial charge on any atom is 0.279 e. The second kappa shape index (κ2) is 5.69. The summed E-state index contributed by atoms with van der Waals surface area (Å²) in [6, 6.07) is 12.6. The van der Waals surface area contributed by atoms with Crippen molar-refractivity contribution in [3.63, 3.8) is 0 Å². The van der Waals surface area contributed by atoms with Crippen LogP contribution in [0.3, 0.4) is 0 Å². The highest BCUT2D eigenvalue weighted by molar-refractivity contribution is 9.10. The molecule has 0 saturated carbocycles. The first-order valence-corrected chi connectivity index (χ1v) is 7.28. The number of halogens is 1. The molecule has 6 nitrogen and oxygen atoms in total. The van der Waals surface area contributed by atoms with Gasteiger partial charge < -0.3 is 0 Å². The molecule has 2 aromatic carbocycles. The van der Waals surface area contributed by atoms with E-state index < -0.39 is 4.92 Å². The molecule has 7 heteroatoms. The van der Waals surface area contributed by atoms with Gasteiger partial charge in [-0.25, -0.2) is 4.68 Å².